The SMILES string of the molecule is C=C/C=C(\C)C(=O)Nc1ccc(C(C)C)cc1.C=NC(C)C(/C=C\CN(C)F)=C/C. The van der Waals surface area contributed by atoms with Crippen LogP contribution in [0, 0.1) is 0 Å². The van der Waals surface area contributed by atoms with Gasteiger partial charge in [-0.1, -0.05) is 62.9 Å². The fraction of sp³-hybridized carbons (Fsp3) is 0.360. The fourth-order valence-electron chi connectivity index (χ4n) is 2.35. The zero-order chi connectivity index (χ0) is 23.1. The molecule has 0 saturated heterocycles. The highest BCUT2D eigenvalue weighted by molar-refractivity contribution is 6.03. The Morgan fingerprint density at radius 2 is 1.87 bits per heavy atom. The van der Waals surface area contributed by atoms with Gasteiger partial charge in [0.25, 0.3) is 5.91 Å². The molecule has 0 spiro atoms. The van der Waals surface area contributed by atoms with Crippen LogP contribution < -0.4 is 5.32 Å². The number of carbonyl (C=O) groups excluding carboxylic acids is 1. The predicted molar refractivity (Wildman–Crippen MR) is 129 cm³/mol. The summed E-state index contributed by atoms with van der Waals surface area (Å²) in [6.07, 6.45) is 8.88. The summed E-state index contributed by atoms with van der Waals surface area (Å²) in [7, 11) is 1.38. The number of hydrogen-bond acceptors (Lipinski definition) is 3. The number of carbonyl (C=O) groups is 1. The number of halogens is 1. The molecule has 0 aromatic heterocycles. The highest BCUT2D eigenvalue weighted by Crippen LogP contribution is 2.17. The van der Waals surface area contributed by atoms with Crippen molar-refractivity contribution in [2.45, 2.75) is 46.6 Å². The first-order valence-corrected chi connectivity index (χ1v) is 10.0. The van der Waals surface area contributed by atoms with Crippen LogP contribution in [0.25, 0.3) is 0 Å². The summed E-state index contributed by atoms with van der Waals surface area (Å²) in [4.78, 5) is 15.6. The van der Waals surface area contributed by atoms with Crippen molar-refractivity contribution in [1.82, 2.24) is 5.12 Å². The van der Waals surface area contributed by atoms with Gasteiger partial charge in [-0.15, -0.1) is 9.60 Å². The lowest BCUT2D eigenvalue weighted by atomic mass is 10.0. The van der Waals surface area contributed by atoms with Crippen molar-refractivity contribution in [3.05, 3.63) is 77.9 Å². The summed E-state index contributed by atoms with van der Waals surface area (Å²) < 4.78 is 12.3. The maximum Gasteiger partial charge on any atom is 0.251 e. The molecule has 1 unspecified atom stereocenters. The molecule has 1 aromatic rings. The Bertz CT molecular complexity index is 759. The van der Waals surface area contributed by atoms with Gasteiger partial charge in [0.1, 0.15) is 0 Å². The standard InChI is InChI=1S/C15H19NO.C10H17FN2/c1-5-6-12(4)15(17)16-14-9-7-13(8-10-14)11(2)3;1-5-10(9(2)12-3)7-6-8-13(4)11/h5-11H,1H2,2-4H3,(H,16,17);5-7,9H,3,8H2,1-2,4H3/b12-6+;7-6-,10-5+. The second-order valence-corrected chi connectivity index (χ2v) is 7.15. The average molecular weight is 414 g/mol. The van der Waals surface area contributed by atoms with E-state index in [1.807, 2.05) is 50.3 Å². The van der Waals surface area contributed by atoms with Gasteiger partial charge in [0.05, 0.1) is 6.04 Å². The predicted octanol–water partition coefficient (Wildman–Crippen LogP) is 6.28. The summed E-state index contributed by atoms with van der Waals surface area (Å²) >= 11 is 0. The minimum Gasteiger partial charge on any atom is -0.322 e. The third-order valence-corrected chi connectivity index (χ3v) is 4.32. The lowest BCUT2D eigenvalue weighted by molar-refractivity contribution is -0.112. The molecule has 0 radical (unpaired) electrons. The molecule has 30 heavy (non-hydrogen) atoms. The highest BCUT2D eigenvalue weighted by Gasteiger charge is 2.04. The van der Waals surface area contributed by atoms with Crippen LogP contribution in [-0.4, -0.2) is 37.4 Å². The quantitative estimate of drug-likeness (QED) is 0.224. The van der Waals surface area contributed by atoms with Crippen LogP contribution in [0.15, 0.2) is 77.4 Å². The van der Waals surface area contributed by atoms with Crippen molar-refractivity contribution in [2.24, 2.45) is 4.99 Å². The van der Waals surface area contributed by atoms with E-state index in [4.69, 9.17) is 0 Å². The van der Waals surface area contributed by atoms with E-state index >= 15 is 0 Å². The van der Waals surface area contributed by atoms with Crippen LogP contribution in [0.4, 0.5) is 10.2 Å². The van der Waals surface area contributed by atoms with Crippen LogP contribution in [0.2, 0.25) is 0 Å². The van der Waals surface area contributed by atoms with E-state index in [1.165, 1.54) is 12.6 Å². The molecular formula is C25H36FN3O. The van der Waals surface area contributed by atoms with E-state index in [0.717, 1.165) is 11.3 Å². The molecule has 0 heterocycles. The Morgan fingerprint density at radius 1 is 1.27 bits per heavy atom. The van der Waals surface area contributed by atoms with Gasteiger partial charge in [-0.3, -0.25) is 9.79 Å². The number of anilines is 1. The van der Waals surface area contributed by atoms with Gasteiger partial charge in [-0.25, -0.2) is 0 Å². The van der Waals surface area contributed by atoms with E-state index < -0.39 is 0 Å². The molecule has 0 saturated carbocycles. The zero-order valence-corrected chi connectivity index (χ0v) is 19.2. The molecule has 1 N–H and O–H groups in total. The van der Waals surface area contributed by atoms with E-state index in [1.54, 1.807) is 25.2 Å². The third kappa shape index (κ3) is 11.3. The second kappa shape index (κ2) is 15.1. The van der Waals surface area contributed by atoms with Crippen molar-refractivity contribution in [3.8, 4) is 0 Å². The molecule has 1 aromatic carbocycles. The number of nitrogens with zero attached hydrogens (tertiary/aromatic N) is 2. The van der Waals surface area contributed by atoms with E-state index in [2.05, 4.69) is 37.5 Å². The van der Waals surface area contributed by atoms with Crippen molar-refractivity contribution < 1.29 is 9.28 Å². The van der Waals surface area contributed by atoms with Gasteiger partial charge < -0.3 is 5.32 Å². The summed E-state index contributed by atoms with van der Waals surface area (Å²) in [6.45, 7) is 17.3. The Hall–Kier alpha value is -2.79. The van der Waals surface area contributed by atoms with Gasteiger partial charge in [0.15, 0.2) is 0 Å². The zero-order valence-electron chi connectivity index (χ0n) is 19.2. The van der Waals surface area contributed by atoms with Crippen LogP contribution in [0.3, 0.4) is 0 Å². The summed E-state index contributed by atoms with van der Waals surface area (Å²) in [5.74, 6) is 0.407. The molecule has 4 nitrogen and oxygen atoms in total. The Labute approximate surface area is 181 Å². The smallest absolute Gasteiger partial charge is 0.251 e. The third-order valence-electron chi connectivity index (χ3n) is 4.32. The van der Waals surface area contributed by atoms with E-state index in [9.17, 15) is 9.28 Å². The molecule has 1 atom stereocenters. The Morgan fingerprint density at radius 3 is 2.30 bits per heavy atom. The Balaban J connectivity index is 0.000000584. The number of nitrogens with one attached hydrogen (secondary N) is 1. The van der Waals surface area contributed by atoms with E-state index in [0.29, 0.717) is 23.2 Å². The van der Waals surface area contributed by atoms with Gasteiger partial charge in [0, 0.05) is 24.9 Å². The fourth-order valence-corrected chi connectivity index (χ4v) is 2.35. The maximum atomic E-state index is 12.3. The van der Waals surface area contributed by atoms with E-state index in [-0.39, 0.29) is 11.9 Å². The number of aliphatic imine (C=N–C) groups is 1. The van der Waals surface area contributed by atoms with Crippen LogP contribution >= 0.6 is 0 Å². The normalized spacial score (nSPS) is 13.1. The van der Waals surface area contributed by atoms with Gasteiger partial charge in [-0.2, -0.15) is 0 Å². The van der Waals surface area contributed by atoms with Crippen LogP contribution in [0.5, 0.6) is 0 Å². The summed E-state index contributed by atoms with van der Waals surface area (Å²) in [6, 6.07) is 7.99. The number of rotatable bonds is 9. The minimum atomic E-state index is -0.0952. The maximum absolute atomic E-state index is 12.3. The first-order valence-electron chi connectivity index (χ1n) is 10.0. The number of benzene rings is 1. The molecule has 0 aliphatic carbocycles. The summed E-state index contributed by atoms with van der Waals surface area (Å²) in [5, 5.41) is 3.46. The number of likely N-dealkylation sites (N-methyl/N-ethyl adjacent to an activating group) is 1. The monoisotopic (exact) mass is 413 g/mol. The molecule has 0 bridgehead atoms. The van der Waals surface area contributed by atoms with Gasteiger partial charge >= 0.3 is 0 Å². The van der Waals surface area contributed by atoms with Crippen molar-refractivity contribution in [1.29, 1.82) is 0 Å². The number of allylic oxidation sites excluding steroid dienone is 3. The van der Waals surface area contributed by atoms with Crippen LogP contribution in [0.1, 0.15) is 46.1 Å². The largest absolute Gasteiger partial charge is 0.322 e. The molecule has 0 aliphatic heterocycles. The average Bonchev–Trinajstić information content (AvgIpc) is 2.71. The Kier molecular flexibility index (Phi) is 13.7. The molecule has 0 fully saturated rings. The number of hydrogen-bond donors (Lipinski definition) is 1. The molecular weight excluding hydrogens is 377 g/mol. The lowest BCUT2D eigenvalue weighted by Gasteiger charge is -2.08. The van der Waals surface area contributed by atoms with Gasteiger partial charge in [0.2, 0.25) is 0 Å². The van der Waals surface area contributed by atoms with Gasteiger partial charge in [-0.05, 0) is 56.7 Å². The van der Waals surface area contributed by atoms with Crippen LogP contribution in [-0.2, 0) is 4.79 Å². The minimum absolute atomic E-state index is 0.0752. The molecule has 1 amide bonds. The topological polar surface area (TPSA) is 44.7 Å². The molecule has 164 valence electrons. The second-order valence-electron chi connectivity index (χ2n) is 7.15. The van der Waals surface area contributed by atoms with Crippen molar-refractivity contribution in [3.63, 3.8) is 0 Å². The first kappa shape index (κ1) is 27.2. The number of amides is 1. The molecule has 0 aliphatic rings. The van der Waals surface area contributed by atoms with Crippen molar-refractivity contribution in [2.75, 3.05) is 18.9 Å². The molecule has 5 heteroatoms. The summed E-state index contributed by atoms with van der Waals surface area (Å²) in [5.41, 5.74) is 3.78. The molecule has 1 rings (SSSR count). The highest BCUT2D eigenvalue weighted by atomic mass is 19.2. The first-order chi connectivity index (χ1) is 14.2. The lowest BCUT2D eigenvalue weighted by Crippen LogP contribution is -2.12. The van der Waals surface area contributed by atoms with Crippen molar-refractivity contribution >= 4 is 18.3 Å².